The number of hydrogen-bond donors (Lipinski definition) is 0. The lowest BCUT2D eigenvalue weighted by Crippen LogP contribution is -2.59. The van der Waals surface area contributed by atoms with Crippen molar-refractivity contribution in [2.75, 3.05) is 39.4 Å². The van der Waals surface area contributed by atoms with Gasteiger partial charge in [0.1, 0.15) is 5.82 Å². The third-order valence-corrected chi connectivity index (χ3v) is 5.36. The number of carbonyl (C=O) groups excluding carboxylic acids is 2. The quantitative estimate of drug-likeness (QED) is 0.730. The smallest absolute Gasteiger partial charge is 0.254 e. The van der Waals surface area contributed by atoms with Gasteiger partial charge >= 0.3 is 0 Å². The highest BCUT2D eigenvalue weighted by atomic mass is 19.2. The molecule has 0 bridgehead atoms. The van der Waals surface area contributed by atoms with Crippen LogP contribution in [0.4, 0.5) is 13.2 Å². The van der Waals surface area contributed by atoms with Crippen molar-refractivity contribution in [2.24, 2.45) is 0 Å². The number of carbonyl (C=O) groups is 2. The second-order valence-electron chi connectivity index (χ2n) is 7.55. The minimum Gasteiger partial charge on any atom is -0.347 e. The predicted octanol–water partition coefficient (Wildman–Crippen LogP) is 2.84. The van der Waals surface area contributed by atoms with Gasteiger partial charge in [-0.3, -0.25) is 9.59 Å². The highest BCUT2D eigenvalue weighted by Gasteiger charge is 2.43. The van der Waals surface area contributed by atoms with Gasteiger partial charge in [0.2, 0.25) is 5.79 Å². The van der Waals surface area contributed by atoms with Crippen molar-refractivity contribution >= 4 is 11.8 Å². The van der Waals surface area contributed by atoms with Gasteiger partial charge in [0, 0.05) is 24.2 Å². The fraction of sp³-hybridized carbons (Fsp3) is 0.364. The number of ether oxygens (including phenoxy) is 2. The third kappa shape index (κ3) is 4.57. The van der Waals surface area contributed by atoms with E-state index in [2.05, 4.69) is 0 Å². The van der Waals surface area contributed by atoms with Crippen molar-refractivity contribution in [3.05, 3.63) is 71.0 Å². The molecule has 1 unspecified atom stereocenters. The molecule has 2 saturated heterocycles. The molecule has 0 saturated carbocycles. The van der Waals surface area contributed by atoms with Gasteiger partial charge < -0.3 is 19.3 Å². The highest BCUT2D eigenvalue weighted by Crippen LogP contribution is 2.26. The summed E-state index contributed by atoms with van der Waals surface area (Å²) in [6.07, 6.45) is 0.565. The Morgan fingerprint density at radius 3 is 2.10 bits per heavy atom. The Kier molecular flexibility index (Phi) is 5.97. The number of halogens is 3. The Bertz CT molecular complexity index is 985. The summed E-state index contributed by atoms with van der Waals surface area (Å²) in [5.74, 6) is -4.58. The molecule has 0 radical (unpaired) electrons. The maximum Gasteiger partial charge on any atom is 0.254 e. The van der Waals surface area contributed by atoms with Crippen LogP contribution in [0.15, 0.2) is 42.5 Å². The SMILES string of the molecule is O=C(c1ccc(F)cc1)N1CCCOC2(C1)CN(C(=O)c1ccc(F)c(F)c1)CCO2. The Hall–Kier alpha value is -2.91. The zero-order valence-corrected chi connectivity index (χ0v) is 16.7. The Balaban J connectivity index is 1.52. The topological polar surface area (TPSA) is 59.1 Å². The van der Waals surface area contributed by atoms with Gasteiger partial charge in [-0.15, -0.1) is 0 Å². The molecule has 164 valence electrons. The zero-order chi connectivity index (χ0) is 22.0. The maximum atomic E-state index is 13.6. The first kappa shape index (κ1) is 21.3. The fourth-order valence-corrected chi connectivity index (χ4v) is 3.80. The lowest BCUT2D eigenvalue weighted by molar-refractivity contribution is -0.258. The molecule has 2 aliphatic heterocycles. The van der Waals surface area contributed by atoms with Crippen LogP contribution < -0.4 is 0 Å². The zero-order valence-electron chi connectivity index (χ0n) is 16.7. The molecule has 9 heteroatoms. The van der Waals surface area contributed by atoms with Crippen LogP contribution in [0.1, 0.15) is 27.1 Å². The van der Waals surface area contributed by atoms with Gasteiger partial charge in [0.15, 0.2) is 11.6 Å². The summed E-state index contributed by atoms with van der Waals surface area (Å²) >= 11 is 0. The maximum absolute atomic E-state index is 13.6. The summed E-state index contributed by atoms with van der Waals surface area (Å²) in [7, 11) is 0. The number of benzene rings is 2. The molecule has 1 atom stereocenters. The summed E-state index contributed by atoms with van der Waals surface area (Å²) in [4.78, 5) is 28.8. The van der Waals surface area contributed by atoms with E-state index in [1.165, 1.54) is 35.2 Å². The lowest BCUT2D eigenvalue weighted by Gasteiger charge is -2.43. The molecule has 0 aromatic heterocycles. The Morgan fingerprint density at radius 1 is 0.774 bits per heavy atom. The minimum absolute atomic E-state index is 0.0174. The number of nitrogens with zero attached hydrogens (tertiary/aromatic N) is 2. The summed E-state index contributed by atoms with van der Waals surface area (Å²) in [6.45, 7) is 1.24. The van der Waals surface area contributed by atoms with Crippen LogP contribution in [-0.4, -0.2) is 66.8 Å². The van der Waals surface area contributed by atoms with Crippen molar-refractivity contribution < 1.29 is 32.2 Å². The van der Waals surface area contributed by atoms with Crippen LogP contribution in [0.5, 0.6) is 0 Å². The van der Waals surface area contributed by atoms with E-state index in [4.69, 9.17) is 9.47 Å². The van der Waals surface area contributed by atoms with Crippen molar-refractivity contribution in [1.29, 1.82) is 0 Å². The molecule has 4 rings (SSSR count). The standard InChI is InChI=1S/C22H21F3N2O4/c23-17-5-2-15(3-6-17)20(28)26-8-1-10-30-22(13-26)14-27(9-11-31-22)21(29)16-4-7-18(24)19(25)12-16/h2-7,12H,1,8-11,13-14H2. The summed E-state index contributed by atoms with van der Waals surface area (Å²) < 4.78 is 51.8. The largest absolute Gasteiger partial charge is 0.347 e. The Morgan fingerprint density at radius 2 is 1.39 bits per heavy atom. The first-order valence-corrected chi connectivity index (χ1v) is 9.94. The lowest BCUT2D eigenvalue weighted by atomic mass is 10.1. The molecular weight excluding hydrogens is 413 g/mol. The average molecular weight is 434 g/mol. The molecule has 2 amide bonds. The van der Waals surface area contributed by atoms with Gasteiger partial charge in [0.05, 0.1) is 26.3 Å². The molecular formula is C22H21F3N2O4. The van der Waals surface area contributed by atoms with E-state index in [9.17, 15) is 22.8 Å². The van der Waals surface area contributed by atoms with Gasteiger partial charge in [-0.1, -0.05) is 0 Å². The number of morpholine rings is 1. The molecule has 2 aromatic rings. The van der Waals surface area contributed by atoms with Gasteiger partial charge in [-0.25, -0.2) is 13.2 Å². The molecule has 31 heavy (non-hydrogen) atoms. The van der Waals surface area contributed by atoms with E-state index in [-0.39, 0.29) is 37.7 Å². The third-order valence-electron chi connectivity index (χ3n) is 5.36. The first-order valence-electron chi connectivity index (χ1n) is 9.94. The molecule has 0 aliphatic carbocycles. The van der Waals surface area contributed by atoms with Crippen molar-refractivity contribution in [3.63, 3.8) is 0 Å². The Labute approximate surface area is 177 Å². The van der Waals surface area contributed by atoms with Crippen LogP contribution in [-0.2, 0) is 9.47 Å². The average Bonchev–Trinajstić information content (AvgIpc) is 2.97. The molecule has 6 nitrogen and oxygen atoms in total. The van der Waals surface area contributed by atoms with Crippen LogP contribution in [0.25, 0.3) is 0 Å². The van der Waals surface area contributed by atoms with Crippen molar-refractivity contribution in [1.82, 2.24) is 9.80 Å². The van der Waals surface area contributed by atoms with Crippen LogP contribution in [0, 0.1) is 17.5 Å². The first-order chi connectivity index (χ1) is 14.9. The van der Waals surface area contributed by atoms with E-state index < -0.39 is 29.1 Å². The van der Waals surface area contributed by atoms with E-state index in [0.717, 1.165) is 12.1 Å². The van der Waals surface area contributed by atoms with Crippen molar-refractivity contribution in [2.45, 2.75) is 12.2 Å². The molecule has 2 aliphatic rings. The van der Waals surface area contributed by atoms with Gasteiger partial charge in [-0.05, 0) is 48.9 Å². The second kappa shape index (κ2) is 8.68. The predicted molar refractivity (Wildman–Crippen MR) is 104 cm³/mol. The van der Waals surface area contributed by atoms with Gasteiger partial charge in [0.25, 0.3) is 11.8 Å². The molecule has 0 N–H and O–H groups in total. The van der Waals surface area contributed by atoms with E-state index >= 15 is 0 Å². The number of hydrogen-bond acceptors (Lipinski definition) is 4. The van der Waals surface area contributed by atoms with Crippen LogP contribution >= 0.6 is 0 Å². The molecule has 1 spiro atoms. The van der Waals surface area contributed by atoms with Crippen LogP contribution in [0.2, 0.25) is 0 Å². The monoisotopic (exact) mass is 434 g/mol. The molecule has 2 fully saturated rings. The van der Waals surface area contributed by atoms with Crippen LogP contribution in [0.3, 0.4) is 0 Å². The summed E-state index contributed by atoms with van der Waals surface area (Å²) in [6, 6.07) is 8.25. The minimum atomic E-state index is -1.24. The van der Waals surface area contributed by atoms with E-state index in [1.807, 2.05) is 0 Å². The second-order valence-corrected chi connectivity index (χ2v) is 7.55. The highest BCUT2D eigenvalue weighted by molar-refractivity contribution is 5.95. The fourth-order valence-electron chi connectivity index (χ4n) is 3.80. The number of rotatable bonds is 2. The normalized spacial score (nSPS) is 21.8. The molecule has 2 heterocycles. The van der Waals surface area contributed by atoms with E-state index in [0.29, 0.717) is 25.1 Å². The summed E-state index contributed by atoms with van der Waals surface area (Å²) in [5, 5.41) is 0. The van der Waals surface area contributed by atoms with Gasteiger partial charge in [-0.2, -0.15) is 0 Å². The summed E-state index contributed by atoms with van der Waals surface area (Å²) in [5.41, 5.74) is 0.354. The molecule has 2 aromatic carbocycles. The van der Waals surface area contributed by atoms with Crippen molar-refractivity contribution in [3.8, 4) is 0 Å². The van der Waals surface area contributed by atoms with E-state index in [1.54, 1.807) is 4.90 Å². The number of amides is 2.